The zero-order chi connectivity index (χ0) is 16.6. The van der Waals surface area contributed by atoms with Crippen molar-refractivity contribution in [3.63, 3.8) is 0 Å². The summed E-state index contributed by atoms with van der Waals surface area (Å²) >= 11 is 0. The van der Waals surface area contributed by atoms with Gasteiger partial charge in [-0.2, -0.15) is 0 Å². The Morgan fingerprint density at radius 1 is 1.24 bits per heavy atom. The molecule has 2 N–H and O–H groups in total. The molecular weight excluding hydrogens is 427 g/mol. The number of para-hydroxylation sites is 1. The molecule has 1 heterocycles. The Hall–Kier alpha value is -1.02. The molecule has 2 aliphatic rings. The number of ether oxygens (including phenoxy) is 1. The van der Waals surface area contributed by atoms with Gasteiger partial charge in [0.1, 0.15) is 0 Å². The van der Waals surface area contributed by atoms with Crippen molar-refractivity contribution in [1.29, 1.82) is 0 Å². The number of hydrogen-bond donors (Lipinski definition) is 2. The van der Waals surface area contributed by atoms with E-state index in [9.17, 15) is 0 Å². The van der Waals surface area contributed by atoms with Crippen molar-refractivity contribution >= 4 is 35.6 Å². The fourth-order valence-corrected chi connectivity index (χ4v) is 3.13. The molecule has 1 saturated heterocycles. The molecule has 25 heavy (non-hydrogen) atoms. The molecule has 1 aliphatic carbocycles. The highest BCUT2D eigenvalue weighted by atomic mass is 127. The van der Waals surface area contributed by atoms with Crippen LogP contribution in [0.5, 0.6) is 0 Å². The van der Waals surface area contributed by atoms with Gasteiger partial charge < -0.3 is 20.3 Å². The monoisotopic (exact) mass is 458 g/mol. The van der Waals surface area contributed by atoms with Gasteiger partial charge in [-0.15, -0.1) is 24.0 Å². The second-order valence-corrected chi connectivity index (χ2v) is 6.78. The van der Waals surface area contributed by atoms with Crippen LogP contribution >= 0.6 is 24.0 Å². The maximum absolute atomic E-state index is 5.66. The highest BCUT2D eigenvalue weighted by Crippen LogP contribution is 2.28. The summed E-state index contributed by atoms with van der Waals surface area (Å²) in [7, 11) is 1.83. The third-order valence-electron chi connectivity index (χ3n) is 4.70. The summed E-state index contributed by atoms with van der Waals surface area (Å²) in [5.74, 6) is 1.71. The van der Waals surface area contributed by atoms with E-state index in [1.807, 2.05) is 7.05 Å². The van der Waals surface area contributed by atoms with Gasteiger partial charge in [-0.3, -0.25) is 4.99 Å². The predicted octanol–water partition coefficient (Wildman–Crippen LogP) is 2.87. The van der Waals surface area contributed by atoms with Crippen LogP contribution in [0.1, 0.15) is 25.7 Å². The van der Waals surface area contributed by atoms with E-state index < -0.39 is 0 Å². The highest BCUT2D eigenvalue weighted by molar-refractivity contribution is 14.0. The Kier molecular flexibility index (Phi) is 8.81. The Morgan fingerprint density at radius 3 is 2.76 bits per heavy atom. The van der Waals surface area contributed by atoms with Crippen molar-refractivity contribution < 1.29 is 4.74 Å². The van der Waals surface area contributed by atoms with Crippen molar-refractivity contribution in [3.8, 4) is 0 Å². The lowest BCUT2D eigenvalue weighted by molar-refractivity contribution is 0.129. The number of guanidine groups is 1. The predicted molar refractivity (Wildman–Crippen MR) is 115 cm³/mol. The summed E-state index contributed by atoms with van der Waals surface area (Å²) in [4.78, 5) is 6.80. The largest absolute Gasteiger partial charge is 0.379 e. The number of anilines is 1. The number of nitrogens with zero attached hydrogens (tertiary/aromatic N) is 2. The standard InChI is InChI=1S/C19H30N4O.HI/c1-20-19(21-11-13-24-15-16-9-10-16)22-17-6-5-12-23(14-17)18-7-3-2-4-8-18;/h2-4,7-8,16-17H,5-6,9-15H2,1H3,(H2,20,21,22);1H. The summed E-state index contributed by atoms with van der Waals surface area (Å²) in [6, 6.07) is 11.1. The lowest BCUT2D eigenvalue weighted by Gasteiger charge is -2.35. The lowest BCUT2D eigenvalue weighted by Crippen LogP contribution is -2.51. The topological polar surface area (TPSA) is 48.9 Å². The Bertz CT molecular complexity index is 521. The number of hydrogen-bond acceptors (Lipinski definition) is 3. The number of benzene rings is 1. The number of halogens is 1. The van der Waals surface area contributed by atoms with Gasteiger partial charge in [0.05, 0.1) is 6.61 Å². The van der Waals surface area contributed by atoms with Crippen LogP contribution in [-0.2, 0) is 4.74 Å². The van der Waals surface area contributed by atoms with Crippen LogP contribution in [0, 0.1) is 5.92 Å². The molecule has 0 amide bonds. The van der Waals surface area contributed by atoms with Gasteiger partial charge in [-0.25, -0.2) is 0 Å². The number of aliphatic imine (C=N–C) groups is 1. The summed E-state index contributed by atoms with van der Waals surface area (Å²) in [6.07, 6.45) is 5.07. The fourth-order valence-electron chi connectivity index (χ4n) is 3.13. The average Bonchev–Trinajstić information content (AvgIpc) is 3.46. The minimum atomic E-state index is 0. The van der Waals surface area contributed by atoms with Crippen molar-refractivity contribution in [2.75, 3.05) is 44.8 Å². The van der Waals surface area contributed by atoms with Crippen LogP contribution in [0.25, 0.3) is 0 Å². The van der Waals surface area contributed by atoms with Crippen molar-refractivity contribution in [3.05, 3.63) is 30.3 Å². The highest BCUT2D eigenvalue weighted by Gasteiger charge is 2.22. The first-order valence-corrected chi connectivity index (χ1v) is 9.20. The molecule has 1 aromatic rings. The zero-order valence-electron chi connectivity index (χ0n) is 15.1. The summed E-state index contributed by atoms with van der Waals surface area (Å²) in [5.41, 5.74) is 1.31. The molecule has 0 aromatic heterocycles. The normalized spacial score (nSPS) is 20.8. The SMILES string of the molecule is CN=C(NCCOCC1CC1)NC1CCCN(c2ccccc2)C1.I. The van der Waals surface area contributed by atoms with E-state index in [0.29, 0.717) is 6.04 Å². The molecule has 0 radical (unpaired) electrons. The summed E-state index contributed by atoms with van der Waals surface area (Å²) in [5, 5.41) is 6.92. The maximum Gasteiger partial charge on any atom is 0.191 e. The fraction of sp³-hybridized carbons (Fsp3) is 0.632. The average molecular weight is 458 g/mol. The lowest BCUT2D eigenvalue weighted by atomic mass is 10.1. The molecule has 140 valence electrons. The molecule has 6 heteroatoms. The second-order valence-electron chi connectivity index (χ2n) is 6.78. The Balaban J connectivity index is 0.00000225. The quantitative estimate of drug-likeness (QED) is 0.286. The molecule has 3 rings (SSSR count). The van der Waals surface area contributed by atoms with Crippen LogP contribution in [0.15, 0.2) is 35.3 Å². The minimum Gasteiger partial charge on any atom is -0.379 e. The molecule has 0 bridgehead atoms. The third-order valence-corrected chi connectivity index (χ3v) is 4.70. The van der Waals surface area contributed by atoms with Gasteiger partial charge in [0.15, 0.2) is 5.96 Å². The summed E-state index contributed by atoms with van der Waals surface area (Å²) in [6.45, 7) is 4.62. The first-order valence-electron chi connectivity index (χ1n) is 9.20. The van der Waals surface area contributed by atoms with E-state index in [1.165, 1.54) is 31.4 Å². The Labute approximate surface area is 168 Å². The van der Waals surface area contributed by atoms with E-state index in [1.54, 1.807) is 0 Å². The van der Waals surface area contributed by atoms with Gasteiger partial charge in [-0.05, 0) is 43.7 Å². The van der Waals surface area contributed by atoms with E-state index >= 15 is 0 Å². The second kappa shape index (κ2) is 10.9. The molecular formula is C19H31IN4O. The van der Waals surface area contributed by atoms with Crippen LogP contribution in [0.2, 0.25) is 0 Å². The van der Waals surface area contributed by atoms with Gasteiger partial charge >= 0.3 is 0 Å². The van der Waals surface area contributed by atoms with Crippen LogP contribution in [0.4, 0.5) is 5.69 Å². The molecule has 1 saturated carbocycles. The molecule has 1 aliphatic heterocycles. The van der Waals surface area contributed by atoms with E-state index in [4.69, 9.17) is 4.74 Å². The molecule has 5 nitrogen and oxygen atoms in total. The van der Waals surface area contributed by atoms with E-state index in [0.717, 1.165) is 44.7 Å². The Morgan fingerprint density at radius 2 is 2.04 bits per heavy atom. The first kappa shape index (κ1) is 20.3. The number of nitrogens with one attached hydrogen (secondary N) is 2. The summed E-state index contributed by atoms with van der Waals surface area (Å²) < 4.78 is 5.66. The van der Waals surface area contributed by atoms with E-state index in [2.05, 4.69) is 50.9 Å². The molecule has 1 unspecified atom stereocenters. The van der Waals surface area contributed by atoms with Crippen LogP contribution in [0.3, 0.4) is 0 Å². The van der Waals surface area contributed by atoms with Gasteiger partial charge in [0, 0.05) is 45.0 Å². The van der Waals surface area contributed by atoms with E-state index in [-0.39, 0.29) is 24.0 Å². The van der Waals surface area contributed by atoms with Gasteiger partial charge in [-0.1, -0.05) is 18.2 Å². The van der Waals surface area contributed by atoms with Crippen molar-refractivity contribution in [1.82, 2.24) is 10.6 Å². The molecule has 2 fully saturated rings. The van der Waals surface area contributed by atoms with Crippen LogP contribution in [-0.4, -0.2) is 51.9 Å². The number of piperidine rings is 1. The van der Waals surface area contributed by atoms with Gasteiger partial charge in [0.2, 0.25) is 0 Å². The maximum atomic E-state index is 5.66. The zero-order valence-corrected chi connectivity index (χ0v) is 17.4. The smallest absolute Gasteiger partial charge is 0.191 e. The molecule has 0 spiro atoms. The third kappa shape index (κ3) is 7.01. The van der Waals surface area contributed by atoms with Gasteiger partial charge in [0.25, 0.3) is 0 Å². The van der Waals surface area contributed by atoms with Crippen molar-refractivity contribution in [2.24, 2.45) is 10.9 Å². The minimum absolute atomic E-state index is 0. The number of rotatable bonds is 7. The molecule has 1 atom stereocenters. The first-order chi connectivity index (χ1) is 11.8. The van der Waals surface area contributed by atoms with Crippen LogP contribution < -0.4 is 15.5 Å². The molecule has 1 aromatic carbocycles. The van der Waals surface area contributed by atoms with Crippen molar-refractivity contribution in [2.45, 2.75) is 31.7 Å².